The van der Waals surface area contributed by atoms with Crippen LogP contribution in [0.3, 0.4) is 0 Å². The van der Waals surface area contributed by atoms with Crippen LogP contribution in [0, 0.1) is 17.8 Å². The van der Waals surface area contributed by atoms with Gasteiger partial charge in [-0.05, 0) is 60.6 Å². The number of nitrogens with zero attached hydrogens (tertiary/aromatic N) is 9. The van der Waals surface area contributed by atoms with Crippen LogP contribution in [0.1, 0.15) is 44.8 Å². The smallest absolute Gasteiger partial charge is 0.262 e. The van der Waals surface area contributed by atoms with Crippen LogP contribution in [0.4, 0.5) is 23.1 Å². The highest BCUT2D eigenvalue weighted by atomic mass is 16.3. The molecule has 7 aliphatic rings. The van der Waals surface area contributed by atoms with E-state index < -0.39 is 29.7 Å². The molecule has 3 N–H and O–H groups in total. The van der Waals surface area contributed by atoms with Crippen LogP contribution in [-0.2, 0) is 22.7 Å². The topological polar surface area (TPSA) is 180 Å². The summed E-state index contributed by atoms with van der Waals surface area (Å²) in [7, 11) is 0. The Hall–Kier alpha value is -6.16. The largest absolute Gasteiger partial charge is 0.507 e. The number of imide groups is 2. The molecule has 0 bridgehead atoms. The number of piperazine rings is 1. The van der Waals surface area contributed by atoms with Crippen molar-refractivity contribution in [3.8, 4) is 17.0 Å². The third kappa shape index (κ3) is 5.29. The normalized spacial score (nSPS) is 26.4. The van der Waals surface area contributed by atoms with Crippen LogP contribution in [0.2, 0.25) is 0 Å². The molecule has 4 fully saturated rings. The number of anilines is 4. The number of aromatic hydroxyl groups is 1. The maximum Gasteiger partial charge on any atom is 0.262 e. The van der Waals surface area contributed by atoms with E-state index >= 15 is 0 Å². The van der Waals surface area contributed by atoms with E-state index in [1.165, 1.54) is 0 Å². The number of rotatable bonds is 6. The summed E-state index contributed by atoms with van der Waals surface area (Å²) < 4.78 is 0. The zero-order valence-corrected chi connectivity index (χ0v) is 30.5. The fourth-order valence-electron chi connectivity index (χ4n) is 9.86. The molecule has 11 rings (SSSR count). The fraction of sp³-hybridized carbons (Fsp3) is 0.400. The molecule has 56 heavy (non-hydrogen) atoms. The lowest BCUT2D eigenvalue weighted by atomic mass is 10.0. The number of amides is 4. The Morgan fingerprint density at radius 3 is 2.54 bits per heavy atom. The molecule has 2 unspecified atom stereocenters. The Morgan fingerprint density at radius 1 is 0.857 bits per heavy atom. The van der Waals surface area contributed by atoms with Gasteiger partial charge in [0.2, 0.25) is 17.8 Å². The van der Waals surface area contributed by atoms with E-state index in [2.05, 4.69) is 40.4 Å². The molecule has 4 aromatic rings. The summed E-state index contributed by atoms with van der Waals surface area (Å²) in [6.45, 7) is 7.85. The van der Waals surface area contributed by atoms with Crippen molar-refractivity contribution >= 4 is 46.8 Å². The van der Waals surface area contributed by atoms with Crippen molar-refractivity contribution in [2.75, 3.05) is 65.8 Å². The standard InChI is InChI=1S/C40H39N11O5/c52-34-4-2-1-3-25(34)30-12-33-36(46-45-30)41-14-23-16-47(9-10-50(23)33)17-27-28-18-49(19-29(27)28)40-42-13-21-15-48(20-31(21)43-40)22-5-6-24-26(11-22)39(56)51(38(24)55)32-7-8-35(53)44-37(32)54/h1-6,11-13,23,27-29,32,52H,7-10,14-20H2,(H,41,46)(H,44,53,54)/t23-,27?,28-,29+,32?/m0/s1. The van der Waals surface area contributed by atoms with E-state index in [-0.39, 0.29) is 29.7 Å². The number of phenols is 1. The Kier molecular flexibility index (Phi) is 7.37. The maximum absolute atomic E-state index is 13.4. The quantitative estimate of drug-likeness (QED) is 0.243. The average Bonchev–Trinajstić information content (AvgIpc) is 3.53. The highest BCUT2D eigenvalue weighted by Crippen LogP contribution is 2.53. The number of nitrogens with one attached hydrogen (secondary N) is 2. The number of para-hydroxylation sites is 1. The van der Waals surface area contributed by atoms with E-state index in [1.807, 2.05) is 30.5 Å². The van der Waals surface area contributed by atoms with Crippen LogP contribution in [-0.4, -0.2) is 117 Å². The minimum absolute atomic E-state index is 0.0816. The van der Waals surface area contributed by atoms with E-state index in [1.54, 1.807) is 24.3 Å². The van der Waals surface area contributed by atoms with Crippen molar-refractivity contribution < 1.29 is 24.3 Å². The van der Waals surface area contributed by atoms with Gasteiger partial charge >= 0.3 is 0 Å². The van der Waals surface area contributed by atoms with Gasteiger partial charge in [0.15, 0.2) is 5.82 Å². The molecule has 2 aromatic carbocycles. The van der Waals surface area contributed by atoms with Gasteiger partial charge in [0, 0.05) is 81.8 Å². The summed E-state index contributed by atoms with van der Waals surface area (Å²) >= 11 is 0. The first kappa shape index (κ1) is 33.2. The Bertz CT molecular complexity index is 2360. The third-order valence-electron chi connectivity index (χ3n) is 12.9. The van der Waals surface area contributed by atoms with Gasteiger partial charge in [0.05, 0.1) is 40.8 Å². The van der Waals surface area contributed by atoms with Gasteiger partial charge in [-0.15, -0.1) is 10.2 Å². The summed E-state index contributed by atoms with van der Waals surface area (Å²) in [6, 6.07) is 13.8. The highest BCUT2D eigenvalue weighted by molar-refractivity contribution is 6.23. The number of piperidine rings is 2. The van der Waals surface area contributed by atoms with Crippen LogP contribution in [0.5, 0.6) is 5.75 Å². The van der Waals surface area contributed by atoms with Crippen molar-refractivity contribution in [3.63, 3.8) is 0 Å². The molecule has 16 nitrogen and oxygen atoms in total. The molecule has 3 saturated heterocycles. The molecule has 0 radical (unpaired) electrons. The Morgan fingerprint density at radius 2 is 1.70 bits per heavy atom. The molecule has 0 spiro atoms. The zero-order valence-electron chi connectivity index (χ0n) is 30.5. The number of hydrogen-bond donors (Lipinski definition) is 3. The van der Waals surface area contributed by atoms with E-state index in [0.29, 0.717) is 48.1 Å². The second kappa shape index (κ2) is 12.4. The summed E-state index contributed by atoms with van der Waals surface area (Å²) in [5.41, 5.74) is 5.71. The SMILES string of the molecule is O=C1CCC(N2C(=O)c3ccc(N4Cc5cnc(N6C[C@@H]7C(CN8CCN9c%10cc(-c%11ccccc%11O)nnc%10NC[C@H]9C8)[C@@H]7C6)nc5C4)cc3C2=O)C(=O)N1. The van der Waals surface area contributed by atoms with Crippen LogP contribution < -0.4 is 25.3 Å². The molecule has 4 amide bonds. The first-order valence-electron chi connectivity index (χ1n) is 19.4. The summed E-state index contributed by atoms with van der Waals surface area (Å²) in [6.07, 6.45) is 2.12. The lowest BCUT2D eigenvalue weighted by molar-refractivity contribution is -0.136. The number of fused-ring (bicyclic) bond motifs is 6. The predicted molar refractivity (Wildman–Crippen MR) is 203 cm³/mol. The molecule has 284 valence electrons. The van der Waals surface area contributed by atoms with Gasteiger partial charge in [-0.1, -0.05) is 12.1 Å². The highest BCUT2D eigenvalue weighted by Gasteiger charge is 2.56. The molecule has 1 aliphatic carbocycles. The Labute approximate surface area is 321 Å². The van der Waals surface area contributed by atoms with E-state index in [0.717, 1.165) is 85.1 Å². The lowest BCUT2D eigenvalue weighted by Crippen LogP contribution is -2.58. The number of carbonyl (C=O) groups excluding carboxylic acids is 4. The van der Waals surface area contributed by atoms with Crippen LogP contribution >= 0.6 is 0 Å². The lowest BCUT2D eigenvalue weighted by Gasteiger charge is -2.46. The van der Waals surface area contributed by atoms with E-state index in [4.69, 9.17) is 9.97 Å². The van der Waals surface area contributed by atoms with Gasteiger partial charge in [-0.2, -0.15) is 0 Å². The molecule has 5 atom stereocenters. The second-order valence-electron chi connectivity index (χ2n) is 16.0. The first-order chi connectivity index (χ1) is 27.3. The fourth-order valence-corrected chi connectivity index (χ4v) is 9.86. The molecule has 6 aliphatic heterocycles. The summed E-state index contributed by atoms with van der Waals surface area (Å²) in [5, 5.41) is 25.0. The van der Waals surface area contributed by atoms with Crippen LogP contribution in [0.25, 0.3) is 11.3 Å². The van der Waals surface area contributed by atoms with Crippen molar-refractivity contribution in [1.82, 2.24) is 35.3 Å². The minimum atomic E-state index is -0.993. The van der Waals surface area contributed by atoms with Gasteiger partial charge in [0.25, 0.3) is 11.8 Å². The molecular formula is C40H39N11O5. The molecule has 16 heteroatoms. The summed E-state index contributed by atoms with van der Waals surface area (Å²) in [4.78, 5) is 71.0. The number of benzene rings is 2. The van der Waals surface area contributed by atoms with Gasteiger partial charge < -0.3 is 25.1 Å². The number of phenolic OH excluding ortho intramolecular Hbond substituents is 1. The maximum atomic E-state index is 13.4. The predicted octanol–water partition coefficient (Wildman–Crippen LogP) is 1.86. The minimum Gasteiger partial charge on any atom is -0.507 e. The summed E-state index contributed by atoms with van der Waals surface area (Å²) in [5.74, 6) is 1.66. The van der Waals surface area contributed by atoms with Crippen molar-refractivity contribution in [3.05, 3.63) is 77.1 Å². The van der Waals surface area contributed by atoms with Crippen LogP contribution in [0.15, 0.2) is 54.7 Å². The first-order valence-corrected chi connectivity index (χ1v) is 19.4. The van der Waals surface area contributed by atoms with Crippen molar-refractivity contribution in [2.45, 2.75) is 38.0 Å². The van der Waals surface area contributed by atoms with Crippen molar-refractivity contribution in [2.24, 2.45) is 17.8 Å². The molecule has 8 heterocycles. The van der Waals surface area contributed by atoms with E-state index in [9.17, 15) is 24.3 Å². The number of carbonyl (C=O) groups is 4. The zero-order chi connectivity index (χ0) is 37.8. The number of hydrogen-bond acceptors (Lipinski definition) is 14. The molecule has 1 saturated carbocycles. The number of aromatic nitrogens is 4. The van der Waals surface area contributed by atoms with Gasteiger partial charge in [-0.3, -0.25) is 34.3 Å². The van der Waals surface area contributed by atoms with Gasteiger partial charge in [-0.25, -0.2) is 9.97 Å². The Balaban J connectivity index is 0.704. The monoisotopic (exact) mass is 753 g/mol. The second-order valence-corrected chi connectivity index (χ2v) is 16.0. The third-order valence-corrected chi connectivity index (χ3v) is 12.9. The van der Waals surface area contributed by atoms with Gasteiger partial charge in [0.1, 0.15) is 11.8 Å². The van der Waals surface area contributed by atoms with Crippen molar-refractivity contribution in [1.29, 1.82) is 0 Å². The molecule has 2 aromatic heterocycles. The molecular weight excluding hydrogens is 715 g/mol. The average molecular weight is 754 g/mol.